The van der Waals surface area contributed by atoms with Gasteiger partial charge in [0.2, 0.25) is 5.91 Å². The molecule has 0 spiro atoms. The maximum atomic E-state index is 12.1. The summed E-state index contributed by atoms with van der Waals surface area (Å²) in [6.07, 6.45) is 0. The van der Waals surface area contributed by atoms with E-state index in [1.165, 1.54) is 20.9 Å². The first-order valence-corrected chi connectivity index (χ1v) is 7.76. The van der Waals surface area contributed by atoms with Crippen molar-refractivity contribution in [1.82, 2.24) is 10.2 Å². The lowest BCUT2D eigenvalue weighted by Gasteiger charge is -2.31. The molecule has 0 radical (unpaired) electrons. The number of carboxylic acids is 1. The minimum absolute atomic E-state index is 0.00387. The van der Waals surface area contributed by atoms with Gasteiger partial charge in [-0.2, -0.15) is 0 Å². The zero-order valence-electron chi connectivity index (χ0n) is 15.1. The maximum Gasteiger partial charge on any atom is 0.329 e. The molecule has 0 atom stereocenters. The Kier molecular flexibility index (Phi) is 5.76. The molecule has 132 valence electrons. The predicted octanol–water partition coefficient (Wildman–Crippen LogP) is 2.04. The fourth-order valence-corrected chi connectivity index (χ4v) is 1.95. The number of hydrogen-bond acceptors (Lipinski definition) is 3. The lowest BCUT2D eigenvalue weighted by atomic mass is 9.87. The van der Waals surface area contributed by atoms with Crippen molar-refractivity contribution in [2.75, 3.05) is 13.6 Å². The van der Waals surface area contributed by atoms with Crippen molar-refractivity contribution in [1.29, 1.82) is 0 Å². The van der Waals surface area contributed by atoms with Gasteiger partial charge < -0.3 is 15.3 Å². The van der Waals surface area contributed by atoms with Gasteiger partial charge in [-0.1, -0.05) is 32.9 Å². The topological polar surface area (TPSA) is 86.7 Å². The zero-order valence-corrected chi connectivity index (χ0v) is 15.1. The Balaban J connectivity index is 2.69. The monoisotopic (exact) mass is 334 g/mol. The number of amides is 2. The highest BCUT2D eigenvalue weighted by atomic mass is 16.4. The normalized spacial score (nSPS) is 11.8. The van der Waals surface area contributed by atoms with E-state index in [0.29, 0.717) is 5.56 Å². The van der Waals surface area contributed by atoms with Crippen molar-refractivity contribution >= 4 is 17.8 Å². The smallest absolute Gasteiger partial charge is 0.329 e. The number of nitrogens with zero attached hydrogens (tertiary/aromatic N) is 1. The van der Waals surface area contributed by atoms with Gasteiger partial charge in [0.25, 0.3) is 5.91 Å². The van der Waals surface area contributed by atoms with Crippen LogP contribution >= 0.6 is 0 Å². The molecule has 0 aliphatic rings. The van der Waals surface area contributed by atoms with Crippen LogP contribution in [0.4, 0.5) is 0 Å². The molecule has 6 nitrogen and oxygen atoms in total. The fourth-order valence-electron chi connectivity index (χ4n) is 1.95. The van der Waals surface area contributed by atoms with Crippen molar-refractivity contribution in [3.8, 4) is 0 Å². The van der Waals surface area contributed by atoms with Crippen LogP contribution < -0.4 is 5.32 Å². The average Bonchev–Trinajstić information content (AvgIpc) is 2.50. The zero-order chi connectivity index (χ0) is 18.7. The third kappa shape index (κ3) is 4.57. The number of aliphatic carboxylic acids is 1. The summed E-state index contributed by atoms with van der Waals surface area (Å²) in [5.74, 6) is -1.95. The first kappa shape index (κ1) is 19.7. The van der Waals surface area contributed by atoms with E-state index in [0.717, 1.165) is 10.5 Å². The molecule has 1 rings (SSSR count). The molecule has 0 fully saturated rings. The van der Waals surface area contributed by atoms with Gasteiger partial charge >= 0.3 is 5.97 Å². The summed E-state index contributed by atoms with van der Waals surface area (Å²) in [6, 6.07) is 7.20. The second-order valence-corrected chi connectivity index (χ2v) is 7.33. The van der Waals surface area contributed by atoms with E-state index in [1.807, 2.05) is 12.1 Å². The van der Waals surface area contributed by atoms with Gasteiger partial charge in [-0.05, 0) is 37.0 Å². The lowest BCUT2D eigenvalue weighted by molar-refractivity contribution is -0.154. The maximum absolute atomic E-state index is 12.1. The van der Waals surface area contributed by atoms with Crippen LogP contribution in [0.25, 0.3) is 0 Å². The Bertz CT molecular complexity index is 627. The summed E-state index contributed by atoms with van der Waals surface area (Å²) in [5.41, 5.74) is 0.223. The predicted molar refractivity (Wildman–Crippen MR) is 92.0 cm³/mol. The summed E-state index contributed by atoms with van der Waals surface area (Å²) in [7, 11) is 1.40. The van der Waals surface area contributed by atoms with E-state index in [1.54, 1.807) is 12.1 Å². The van der Waals surface area contributed by atoms with Crippen molar-refractivity contribution in [3.63, 3.8) is 0 Å². The summed E-state index contributed by atoms with van der Waals surface area (Å²) in [6.45, 7) is 8.86. The minimum atomic E-state index is -1.34. The van der Waals surface area contributed by atoms with Gasteiger partial charge in [-0.3, -0.25) is 9.59 Å². The highest BCUT2D eigenvalue weighted by Crippen LogP contribution is 2.22. The lowest BCUT2D eigenvalue weighted by Crippen LogP contribution is -2.53. The quantitative estimate of drug-likeness (QED) is 0.862. The van der Waals surface area contributed by atoms with E-state index < -0.39 is 17.4 Å². The van der Waals surface area contributed by atoms with Crippen molar-refractivity contribution in [3.05, 3.63) is 35.4 Å². The molecule has 0 aliphatic heterocycles. The van der Waals surface area contributed by atoms with Gasteiger partial charge in [0.15, 0.2) is 0 Å². The van der Waals surface area contributed by atoms with Crippen LogP contribution in [0.3, 0.4) is 0 Å². The van der Waals surface area contributed by atoms with Crippen LogP contribution in [0.2, 0.25) is 0 Å². The van der Waals surface area contributed by atoms with Crippen LogP contribution in [-0.4, -0.2) is 46.9 Å². The van der Waals surface area contributed by atoms with Crippen molar-refractivity contribution < 1.29 is 19.5 Å². The molecular weight excluding hydrogens is 308 g/mol. The molecule has 24 heavy (non-hydrogen) atoms. The summed E-state index contributed by atoms with van der Waals surface area (Å²) < 4.78 is 0. The SMILES string of the molecule is CN(C(=O)CNC(=O)c1ccc(C(C)(C)C)cc1)C(C)(C)C(=O)O. The molecule has 1 aromatic carbocycles. The number of nitrogens with one attached hydrogen (secondary N) is 1. The summed E-state index contributed by atoms with van der Waals surface area (Å²) in [4.78, 5) is 36.4. The third-order valence-electron chi connectivity index (χ3n) is 4.15. The van der Waals surface area contributed by atoms with Crippen LogP contribution in [-0.2, 0) is 15.0 Å². The Labute approximate surface area is 142 Å². The van der Waals surface area contributed by atoms with Gasteiger partial charge in [-0.25, -0.2) is 4.79 Å². The molecule has 2 N–H and O–H groups in total. The summed E-state index contributed by atoms with van der Waals surface area (Å²) in [5, 5.41) is 11.7. The Morgan fingerprint density at radius 3 is 1.96 bits per heavy atom. The number of carboxylic acid groups (broad SMARTS) is 1. The van der Waals surface area contributed by atoms with Crippen LogP contribution in [0.1, 0.15) is 50.5 Å². The Hall–Kier alpha value is -2.37. The summed E-state index contributed by atoms with van der Waals surface area (Å²) >= 11 is 0. The van der Waals surface area contributed by atoms with Crippen molar-refractivity contribution in [2.45, 2.75) is 45.6 Å². The third-order valence-corrected chi connectivity index (χ3v) is 4.15. The van der Waals surface area contributed by atoms with Crippen LogP contribution in [0.15, 0.2) is 24.3 Å². The van der Waals surface area contributed by atoms with Crippen molar-refractivity contribution in [2.24, 2.45) is 0 Å². The molecule has 0 aromatic heterocycles. The molecule has 0 saturated carbocycles. The first-order chi connectivity index (χ1) is 10.9. The van der Waals surface area contributed by atoms with Crippen LogP contribution in [0, 0.1) is 0 Å². The molecular formula is C18H26N2O4. The molecule has 0 unspecified atom stereocenters. The molecule has 0 heterocycles. The number of rotatable bonds is 5. The Morgan fingerprint density at radius 2 is 1.54 bits per heavy atom. The molecule has 0 bridgehead atoms. The van der Waals surface area contributed by atoms with Gasteiger partial charge in [-0.15, -0.1) is 0 Å². The van der Waals surface area contributed by atoms with E-state index in [-0.39, 0.29) is 17.9 Å². The number of carbonyl (C=O) groups is 3. The fraction of sp³-hybridized carbons (Fsp3) is 0.500. The van der Waals surface area contributed by atoms with E-state index in [9.17, 15) is 14.4 Å². The minimum Gasteiger partial charge on any atom is -0.480 e. The molecule has 6 heteroatoms. The number of hydrogen-bond donors (Lipinski definition) is 2. The van der Waals surface area contributed by atoms with Crippen LogP contribution in [0.5, 0.6) is 0 Å². The highest BCUT2D eigenvalue weighted by Gasteiger charge is 2.35. The number of benzene rings is 1. The van der Waals surface area contributed by atoms with E-state index in [4.69, 9.17) is 5.11 Å². The highest BCUT2D eigenvalue weighted by molar-refractivity contribution is 5.97. The number of carbonyl (C=O) groups excluding carboxylic acids is 2. The van der Waals surface area contributed by atoms with E-state index in [2.05, 4.69) is 26.1 Å². The number of likely N-dealkylation sites (N-methyl/N-ethyl adjacent to an activating group) is 1. The molecule has 0 aliphatic carbocycles. The largest absolute Gasteiger partial charge is 0.480 e. The second kappa shape index (κ2) is 7.03. The molecule has 1 aromatic rings. The molecule has 0 saturated heterocycles. The first-order valence-electron chi connectivity index (χ1n) is 7.76. The van der Waals surface area contributed by atoms with Gasteiger partial charge in [0, 0.05) is 12.6 Å². The van der Waals surface area contributed by atoms with Gasteiger partial charge in [0.05, 0.1) is 6.54 Å². The average molecular weight is 334 g/mol. The van der Waals surface area contributed by atoms with E-state index >= 15 is 0 Å². The second-order valence-electron chi connectivity index (χ2n) is 7.33. The van der Waals surface area contributed by atoms with Gasteiger partial charge in [0.1, 0.15) is 5.54 Å². The standard InChI is InChI=1S/C18H26N2O4/c1-17(2,3)13-9-7-12(8-10-13)15(22)19-11-14(21)20(6)18(4,5)16(23)24/h7-10H,11H2,1-6H3,(H,19,22)(H,23,24). The Morgan fingerprint density at radius 1 is 1.04 bits per heavy atom. The molecule has 2 amide bonds.